The number of imide groups is 2. The van der Waals surface area contributed by atoms with Crippen LogP contribution < -0.4 is 19.7 Å². The van der Waals surface area contributed by atoms with Crippen LogP contribution in [0.25, 0.3) is 6.08 Å². The summed E-state index contributed by atoms with van der Waals surface area (Å²) in [7, 11) is 1.31. The molecule has 0 saturated carbocycles. The summed E-state index contributed by atoms with van der Waals surface area (Å²) < 4.78 is 49.2. The average molecular weight is 448 g/mol. The fourth-order valence-electron chi connectivity index (χ4n) is 2.89. The number of alkyl halides is 3. The summed E-state index contributed by atoms with van der Waals surface area (Å²) in [5, 5.41) is 1.93. The number of nitrogens with one attached hydrogen (secondary N) is 1. The summed E-state index contributed by atoms with van der Waals surface area (Å²) in [6.07, 6.45) is -3.56. The van der Waals surface area contributed by atoms with E-state index in [1.807, 2.05) is 5.32 Å². The molecule has 0 bridgehead atoms. The second-order valence-corrected chi connectivity index (χ2v) is 6.51. The number of urea groups is 1. The molecule has 4 amide bonds. The molecule has 2 aromatic carbocycles. The maximum Gasteiger partial charge on any atom is 0.416 e. The molecule has 0 aromatic heterocycles. The van der Waals surface area contributed by atoms with E-state index in [-0.39, 0.29) is 22.7 Å². The van der Waals surface area contributed by atoms with Crippen molar-refractivity contribution in [3.8, 4) is 11.5 Å². The van der Waals surface area contributed by atoms with Crippen LogP contribution in [0.1, 0.15) is 18.1 Å². The maximum absolute atomic E-state index is 13.0. The molecule has 166 valence electrons. The number of ether oxygens (including phenoxy) is 2. The summed E-state index contributed by atoms with van der Waals surface area (Å²) >= 11 is 0. The molecule has 0 aliphatic carbocycles. The van der Waals surface area contributed by atoms with Gasteiger partial charge in [0.25, 0.3) is 11.8 Å². The van der Waals surface area contributed by atoms with Crippen LogP contribution in [-0.2, 0) is 20.6 Å². The van der Waals surface area contributed by atoms with Crippen molar-refractivity contribution in [2.24, 2.45) is 0 Å². The number of nitrogens with zero attached hydrogens (tertiary/aromatic N) is 1. The number of rotatable bonds is 4. The van der Waals surface area contributed by atoms with Gasteiger partial charge in [0.2, 0.25) is 0 Å². The van der Waals surface area contributed by atoms with E-state index in [9.17, 15) is 32.3 Å². The predicted octanol–water partition coefficient (Wildman–Crippen LogP) is 3.31. The molecule has 0 unspecified atom stereocenters. The van der Waals surface area contributed by atoms with Crippen LogP contribution in [0, 0.1) is 0 Å². The number of esters is 1. The number of hydrogen-bond donors (Lipinski definition) is 1. The van der Waals surface area contributed by atoms with Gasteiger partial charge in [-0.3, -0.25) is 19.7 Å². The van der Waals surface area contributed by atoms with Crippen LogP contribution in [0.2, 0.25) is 0 Å². The van der Waals surface area contributed by atoms with Gasteiger partial charge in [-0.25, -0.2) is 9.69 Å². The van der Waals surface area contributed by atoms with Gasteiger partial charge in [-0.05, 0) is 42.0 Å². The molecular weight excluding hydrogens is 433 g/mol. The molecule has 1 fully saturated rings. The van der Waals surface area contributed by atoms with Crippen LogP contribution in [-0.4, -0.2) is 30.9 Å². The highest BCUT2D eigenvalue weighted by atomic mass is 19.4. The Morgan fingerprint density at radius 3 is 2.41 bits per heavy atom. The molecule has 8 nitrogen and oxygen atoms in total. The Hall–Kier alpha value is -4.15. The van der Waals surface area contributed by atoms with Gasteiger partial charge in [0.05, 0.1) is 18.4 Å². The van der Waals surface area contributed by atoms with E-state index in [4.69, 9.17) is 9.47 Å². The predicted molar refractivity (Wildman–Crippen MR) is 105 cm³/mol. The number of hydrogen-bond acceptors (Lipinski definition) is 6. The van der Waals surface area contributed by atoms with Crippen molar-refractivity contribution in [3.63, 3.8) is 0 Å². The quantitative estimate of drug-likeness (QED) is 0.333. The molecule has 32 heavy (non-hydrogen) atoms. The second-order valence-electron chi connectivity index (χ2n) is 6.51. The molecule has 11 heteroatoms. The molecule has 1 saturated heterocycles. The van der Waals surface area contributed by atoms with Gasteiger partial charge in [-0.2, -0.15) is 13.2 Å². The first-order valence-corrected chi connectivity index (χ1v) is 8.96. The number of methoxy groups -OCH3 is 1. The summed E-state index contributed by atoms with van der Waals surface area (Å²) in [5.41, 5.74) is -1.65. The van der Waals surface area contributed by atoms with Crippen molar-refractivity contribution in [3.05, 3.63) is 59.2 Å². The third-order valence-electron chi connectivity index (χ3n) is 4.29. The number of carbonyl (C=O) groups excluding carboxylic acids is 4. The number of halogens is 3. The Balaban J connectivity index is 2.00. The topological polar surface area (TPSA) is 102 Å². The summed E-state index contributed by atoms with van der Waals surface area (Å²) in [6.45, 7) is 1.19. The van der Waals surface area contributed by atoms with Crippen molar-refractivity contribution in [2.45, 2.75) is 13.1 Å². The zero-order valence-corrected chi connectivity index (χ0v) is 16.6. The highest BCUT2D eigenvalue weighted by molar-refractivity contribution is 6.39. The van der Waals surface area contributed by atoms with E-state index in [0.29, 0.717) is 11.0 Å². The SMILES string of the molecule is COc1cc(/C=C2/C(=O)NC(=O)N(c3cccc(C(F)(F)F)c3)C2=O)ccc1OC(C)=O. The van der Waals surface area contributed by atoms with Crippen molar-refractivity contribution in [1.29, 1.82) is 0 Å². The minimum absolute atomic E-state index is 0.0994. The van der Waals surface area contributed by atoms with Crippen molar-refractivity contribution >= 4 is 35.6 Å². The van der Waals surface area contributed by atoms with Gasteiger partial charge in [-0.15, -0.1) is 0 Å². The van der Waals surface area contributed by atoms with Gasteiger partial charge in [-0.1, -0.05) is 12.1 Å². The Bertz CT molecular complexity index is 1160. The maximum atomic E-state index is 13.0. The Morgan fingerprint density at radius 2 is 1.78 bits per heavy atom. The minimum Gasteiger partial charge on any atom is -0.493 e. The number of carbonyl (C=O) groups is 4. The Kier molecular flexibility index (Phi) is 6.01. The highest BCUT2D eigenvalue weighted by Gasteiger charge is 2.38. The molecule has 1 N–H and O–H groups in total. The smallest absolute Gasteiger partial charge is 0.416 e. The van der Waals surface area contributed by atoms with Gasteiger partial charge in [0, 0.05) is 6.92 Å². The molecule has 0 atom stereocenters. The first-order valence-electron chi connectivity index (χ1n) is 8.96. The van der Waals surface area contributed by atoms with Crippen LogP contribution in [0.3, 0.4) is 0 Å². The zero-order chi connectivity index (χ0) is 23.6. The van der Waals surface area contributed by atoms with Gasteiger partial charge in [0.1, 0.15) is 5.57 Å². The highest BCUT2D eigenvalue weighted by Crippen LogP contribution is 2.33. The lowest BCUT2D eigenvalue weighted by atomic mass is 10.1. The lowest BCUT2D eigenvalue weighted by Gasteiger charge is -2.26. The molecule has 3 rings (SSSR count). The standard InChI is InChI=1S/C21H15F3N2O6/c1-11(27)32-16-7-6-12(9-17(16)31-2)8-15-18(28)25-20(30)26(19(15)29)14-5-3-4-13(10-14)21(22,23)24/h3-10H,1-2H3,(H,25,28,30)/b15-8-. The van der Waals surface area contributed by atoms with Gasteiger partial charge in [0.15, 0.2) is 11.5 Å². The van der Waals surface area contributed by atoms with Gasteiger partial charge < -0.3 is 9.47 Å². The molecule has 1 aliphatic rings. The number of anilines is 1. The zero-order valence-electron chi connectivity index (χ0n) is 16.6. The molecule has 2 aromatic rings. The number of barbiturate groups is 1. The Morgan fingerprint density at radius 1 is 1.06 bits per heavy atom. The first-order chi connectivity index (χ1) is 15.0. The van der Waals surface area contributed by atoms with Crippen molar-refractivity contribution < 1.29 is 41.8 Å². The van der Waals surface area contributed by atoms with E-state index in [2.05, 4.69) is 0 Å². The third kappa shape index (κ3) is 4.61. The number of benzene rings is 2. The van der Waals surface area contributed by atoms with Crippen molar-refractivity contribution in [1.82, 2.24) is 5.32 Å². The minimum atomic E-state index is -4.69. The lowest BCUT2D eigenvalue weighted by Crippen LogP contribution is -2.54. The third-order valence-corrected chi connectivity index (χ3v) is 4.29. The van der Waals surface area contributed by atoms with E-state index >= 15 is 0 Å². The largest absolute Gasteiger partial charge is 0.493 e. The van der Waals surface area contributed by atoms with E-state index in [1.54, 1.807) is 0 Å². The summed E-state index contributed by atoms with van der Waals surface area (Å²) in [5.74, 6) is -2.50. The Labute approximate surface area is 179 Å². The van der Waals surface area contributed by atoms with Gasteiger partial charge >= 0.3 is 18.2 Å². The molecule has 0 radical (unpaired) electrons. The fourth-order valence-corrected chi connectivity index (χ4v) is 2.89. The summed E-state index contributed by atoms with van der Waals surface area (Å²) in [6, 6.07) is 6.56. The number of amides is 4. The molecule has 0 spiro atoms. The molecule has 1 heterocycles. The van der Waals surface area contributed by atoms with E-state index < -0.39 is 41.1 Å². The lowest BCUT2D eigenvalue weighted by molar-refractivity contribution is -0.137. The first kappa shape index (κ1) is 22.5. The van der Waals surface area contributed by atoms with E-state index in [1.165, 1.54) is 32.2 Å². The van der Waals surface area contributed by atoms with Crippen LogP contribution in [0.5, 0.6) is 11.5 Å². The normalized spacial score (nSPS) is 15.6. The van der Waals surface area contributed by atoms with Crippen LogP contribution >= 0.6 is 0 Å². The van der Waals surface area contributed by atoms with Crippen LogP contribution in [0.4, 0.5) is 23.7 Å². The van der Waals surface area contributed by atoms with Crippen LogP contribution in [0.15, 0.2) is 48.0 Å². The average Bonchev–Trinajstić information content (AvgIpc) is 2.71. The fraction of sp³-hybridized carbons (Fsp3) is 0.143. The molecular formula is C21H15F3N2O6. The summed E-state index contributed by atoms with van der Waals surface area (Å²) in [4.78, 5) is 49.0. The monoisotopic (exact) mass is 448 g/mol. The van der Waals surface area contributed by atoms with E-state index in [0.717, 1.165) is 24.3 Å². The molecule has 1 aliphatic heterocycles. The second kappa shape index (κ2) is 8.53. The van der Waals surface area contributed by atoms with Crippen molar-refractivity contribution in [2.75, 3.05) is 12.0 Å².